The van der Waals surface area contributed by atoms with Crippen molar-refractivity contribution >= 4 is 5.97 Å². The molecule has 4 heteroatoms. The monoisotopic (exact) mass is 256 g/mol. The summed E-state index contributed by atoms with van der Waals surface area (Å²) in [5, 5.41) is 3.46. The Kier molecular flexibility index (Phi) is 6.09. The van der Waals surface area contributed by atoms with Crippen molar-refractivity contribution in [1.82, 2.24) is 10.2 Å². The van der Waals surface area contributed by atoms with E-state index in [-0.39, 0.29) is 5.97 Å². The molecule has 0 aromatic carbocycles. The first kappa shape index (κ1) is 15.4. The van der Waals surface area contributed by atoms with Crippen molar-refractivity contribution in [3.63, 3.8) is 0 Å². The minimum atomic E-state index is -0.452. The fourth-order valence-electron chi connectivity index (χ4n) is 2.37. The van der Waals surface area contributed by atoms with Gasteiger partial charge in [-0.15, -0.1) is 0 Å². The number of likely N-dealkylation sites (tertiary alicyclic amines) is 1. The lowest BCUT2D eigenvalue weighted by Gasteiger charge is -2.40. The van der Waals surface area contributed by atoms with Crippen LogP contribution in [0.4, 0.5) is 0 Å². The number of esters is 1. The van der Waals surface area contributed by atoms with E-state index in [9.17, 15) is 4.79 Å². The van der Waals surface area contributed by atoms with Crippen molar-refractivity contribution in [2.45, 2.75) is 46.1 Å². The number of carbonyl (C=O) groups excluding carboxylic acids is 1. The fourth-order valence-corrected chi connectivity index (χ4v) is 2.37. The van der Waals surface area contributed by atoms with Gasteiger partial charge in [-0.05, 0) is 38.8 Å². The SMILES string of the molecule is CCOC(=O)C1(NCC(C)C)CCN(CC)CC1. The highest BCUT2D eigenvalue weighted by atomic mass is 16.5. The van der Waals surface area contributed by atoms with Crippen LogP contribution < -0.4 is 5.32 Å². The maximum Gasteiger partial charge on any atom is 0.326 e. The molecule has 0 aromatic rings. The van der Waals surface area contributed by atoms with Gasteiger partial charge in [-0.1, -0.05) is 20.8 Å². The number of hydrogen-bond donors (Lipinski definition) is 1. The quantitative estimate of drug-likeness (QED) is 0.734. The molecule has 18 heavy (non-hydrogen) atoms. The van der Waals surface area contributed by atoms with Crippen LogP contribution in [0, 0.1) is 5.92 Å². The van der Waals surface area contributed by atoms with Crippen LogP contribution >= 0.6 is 0 Å². The van der Waals surface area contributed by atoms with Crippen LogP contribution in [0.15, 0.2) is 0 Å². The second-order valence-electron chi connectivity index (χ2n) is 5.51. The number of piperidine rings is 1. The lowest BCUT2D eigenvalue weighted by Crippen LogP contribution is -2.59. The molecule has 0 aromatic heterocycles. The minimum absolute atomic E-state index is 0.0681. The van der Waals surface area contributed by atoms with Gasteiger partial charge < -0.3 is 15.0 Å². The zero-order valence-electron chi connectivity index (χ0n) is 12.3. The molecule has 1 rings (SSSR count). The van der Waals surface area contributed by atoms with Crippen molar-refractivity contribution in [3.05, 3.63) is 0 Å². The summed E-state index contributed by atoms with van der Waals surface area (Å²) in [6, 6.07) is 0. The van der Waals surface area contributed by atoms with Gasteiger partial charge in [0, 0.05) is 13.1 Å². The predicted octanol–water partition coefficient (Wildman–Crippen LogP) is 1.65. The average Bonchev–Trinajstić information content (AvgIpc) is 2.37. The summed E-state index contributed by atoms with van der Waals surface area (Å²) in [4.78, 5) is 14.6. The first-order valence-corrected chi connectivity index (χ1v) is 7.18. The van der Waals surface area contributed by atoms with Crippen LogP contribution in [0.1, 0.15) is 40.5 Å². The summed E-state index contributed by atoms with van der Waals surface area (Å²) in [6.45, 7) is 12.7. The van der Waals surface area contributed by atoms with Crippen molar-refractivity contribution < 1.29 is 9.53 Å². The van der Waals surface area contributed by atoms with Crippen molar-refractivity contribution in [2.75, 3.05) is 32.8 Å². The van der Waals surface area contributed by atoms with Gasteiger partial charge in [-0.25, -0.2) is 0 Å². The second kappa shape index (κ2) is 7.10. The van der Waals surface area contributed by atoms with Gasteiger partial charge >= 0.3 is 5.97 Å². The highest BCUT2D eigenvalue weighted by Crippen LogP contribution is 2.24. The molecule has 0 unspecified atom stereocenters. The number of nitrogens with one attached hydrogen (secondary N) is 1. The molecule has 106 valence electrons. The van der Waals surface area contributed by atoms with Crippen molar-refractivity contribution in [1.29, 1.82) is 0 Å². The summed E-state index contributed by atoms with van der Waals surface area (Å²) in [5.41, 5.74) is -0.452. The molecule has 0 aliphatic carbocycles. The number of hydrogen-bond acceptors (Lipinski definition) is 4. The average molecular weight is 256 g/mol. The topological polar surface area (TPSA) is 41.6 Å². The Labute approximate surface area is 111 Å². The molecule has 0 radical (unpaired) electrons. The van der Waals surface area contributed by atoms with Gasteiger partial charge in [-0.2, -0.15) is 0 Å². The summed E-state index contributed by atoms with van der Waals surface area (Å²) in [7, 11) is 0. The molecule has 0 atom stereocenters. The molecule has 0 bridgehead atoms. The highest BCUT2D eigenvalue weighted by Gasteiger charge is 2.42. The smallest absolute Gasteiger partial charge is 0.326 e. The van der Waals surface area contributed by atoms with E-state index >= 15 is 0 Å². The van der Waals surface area contributed by atoms with Crippen LogP contribution in [0.25, 0.3) is 0 Å². The van der Waals surface area contributed by atoms with Crippen LogP contribution in [0.5, 0.6) is 0 Å². The third kappa shape index (κ3) is 3.95. The Morgan fingerprint density at radius 1 is 1.33 bits per heavy atom. The first-order valence-electron chi connectivity index (χ1n) is 7.18. The lowest BCUT2D eigenvalue weighted by atomic mass is 9.87. The zero-order valence-corrected chi connectivity index (χ0v) is 12.3. The Balaban J connectivity index is 2.66. The molecule has 1 aliphatic heterocycles. The largest absolute Gasteiger partial charge is 0.465 e. The molecule has 1 saturated heterocycles. The van der Waals surface area contributed by atoms with Gasteiger partial charge in [-0.3, -0.25) is 4.79 Å². The van der Waals surface area contributed by atoms with Crippen LogP contribution in [0.3, 0.4) is 0 Å². The standard InChI is InChI=1S/C14H28N2O2/c1-5-16-9-7-14(8-10-16,13(17)18-6-2)15-11-12(3)4/h12,15H,5-11H2,1-4H3. The Hall–Kier alpha value is -0.610. The van der Waals surface area contributed by atoms with Crippen LogP contribution in [0.2, 0.25) is 0 Å². The van der Waals surface area contributed by atoms with Crippen LogP contribution in [-0.4, -0.2) is 49.2 Å². The molecule has 0 spiro atoms. The number of ether oxygens (including phenoxy) is 1. The maximum atomic E-state index is 12.2. The van der Waals surface area contributed by atoms with E-state index in [0.29, 0.717) is 12.5 Å². The van der Waals surface area contributed by atoms with E-state index in [2.05, 4.69) is 31.0 Å². The number of rotatable bonds is 6. The molecule has 1 N–H and O–H groups in total. The molecule has 1 aliphatic rings. The summed E-state index contributed by atoms with van der Waals surface area (Å²) in [5.74, 6) is 0.474. The van der Waals surface area contributed by atoms with Gasteiger partial charge in [0.1, 0.15) is 5.54 Å². The van der Waals surface area contributed by atoms with Gasteiger partial charge in [0.25, 0.3) is 0 Å². The zero-order chi connectivity index (χ0) is 13.6. The third-order valence-electron chi connectivity index (χ3n) is 3.67. The van der Waals surface area contributed by atoms with Crippen LogP contribution in [-0.2, 0) is 9.53 Å². The predicted molar refractivity (Wildman–Crippen MR) is 73.6 cm³/mol. The summed E-state index contributed by atoms with van der Waals surface area (Å²) < 4.78 is 5.27. The molecule has 1 heterocycles. The van der Waals surface area contributed by atoms with E-state index in [1.807, 2.05) is 6.92 Å². The van der Waals surface area contributed by atoms with E-state index in [4.69, 9.17) is 4.74 Å². The van der Waals surface area contributed by atoms with E-state index in [1.54, 1.807) is 0 Å². The number of nitrogens with zero attached hydrogens (tertiary/aromatic N) is 1. The Bertz CT molecular complexity index is 259. The number of carbonyl (C=O) groups is 1. The van der Waals surface area contributed by atoms with Gasteiger partial charge in [0.2, 0.25) is 0 Å². The highest BCUT2D eigenvalue weighted by molar-refractivity contribution is 5.81. The molecule has 0 amide bonds. The molecule has 0 saturated carbocycles. The fraction of sp³-hybridized carbons (Fsp3) is 0.929. The maximum absolute atomic E-state index is 12.2. The van der Waals surface area contributed by atoms with E-state index in [0.717, 1.165) is 39.0 Å². The lowest BCUT2D eigenvalue weighted by molar-refractivity contribution is -0.153. The molecular weight excluding hydrogens is 228 g/mol. The minimum Gasteiger partial charge on any atom is -0.465 e. The van der Waals surface area contributed by atoms with Gasteiger partial charge in [0.15, 0.2) is 0 Å². The Morgan fingerprint density at radius 3 is 2.39 bits per heavy atom. The van der Waals surface area contributed by atoms with E-state index < -0.39 is 5.54 Å². The normalized spacial score (nSPS) is 20.1. The summed E-state index contributed by atoms with van der Waals surface area (Å²) >= 11 is 0. The van der Waals surface area contributed by atoms with E-state index in [1.165, 1.54) is 0 Å². The summed E-state index contributed by atoms with van der Waals surface area (Å²) in [6.07, 6.45) is 1.71. The van der Waals surface area contributed by atoms with Crippen molar-refractivity contribution in [2.24, 2.45) is 5.92 Å². The molecular formula is C14H28N2O2. The third-order valence-corrected chi connectivity index (χ3v) is 3.67. The first-order chi connectivity index (χ1) is 8.54. The van der Waals surface area contributed by atoms with Gasteiger partial charge in [0.05, 0.1) is 6.61 Å². The van der Waals surface area contributed by atoms with Crippen molar-refractivity contribution in [3.8, 4) is 0 Å². The molecule has 4 nitrogen and oxygen atoms in total. The molecule has 1 fully saturated rings. The second-order valence-corrected chi connectivity index (χ2v) is 5.51. The Morgan fingerprint density at radius 2 is 1.94 bits per heavy atom.